The number of carbonyl (C=O) groups excluding carboxylic acids is 2. The van der Waals surface area contributed by atoms with Gasteiger partial charge in [0.2, 0.25) is 11.8 Å². The van der Waals surface area contributed by atoms with Crippen molar-refractivity contribution in [1.82, 2.24) is 0 Å². The molecule has 0 radical (unpaired) electrons. The minimum Gasteiger partial charge on any atom is -0.477 e. The second-order valence-corrected chi connectivity index (χ2v) is 9.19. The number of amides is 2. The summed E-state index contributed by atoms with van der Waals surface area (Å²) < 4.78 is 0. The molecule has 3 heterocycles. The molecule has 0 bridgehead atoms. The fourth-order valence-electron chi connectivity index (χ4n) is 4.77. The molecule has 3 aromatic rings. The highest BCUT2D eigenvalue weighted by atomic mass is 35.5. The molecule has 2 amide bonds. The number of carboxylic acids is 1. The molecule has 0 fully saturated rings. The molecule has 5 rings (SSSR count). The second-order valence-electron chi connectivity index (χ2n) is 7.76. The summed E-state index contributed by atoms with van der Waals surface area (Å²) in [6.45, 7) is 1.91. The van der Waals surface area contributed by atoms with Gasteiger partial charge in [0, 0.05) is 23.2 Å². The first-order chi connectivity index (χ1) is 14.8. The van der Waals surface area contributed by atoms with E-state index in [0.717, 1.165) is 28.2 Å². The van der Waals surface area contributed by atoms with E-state index in [9.17, 15) is 19.5 Å². The normalized spacial score (nSPS) is 19.4. The van der Waals surface area contributed by atoms with Gasteiger partial charge in [-0.1, -0.05) is 48.0 Å². The highest BCUT2D eigenvalue weighted by molar-refractivity contribution is 7.15. The van der Waals surface area contributed by atoms with Crippen LogP contribution in [0.2, 0.25) is 5.02 Å². The molecule has 2 N–H and O–H groups in total. The van der Waals surface area contributed by atoms with Gasteiger partial charge in [-0.05, 0) is 24.1 Å². The van der Waals surface area contributed by atoms with Gasteiger partial charge in [-0.3, -0.25) is 9.59 Å². The molecular weight excluding hydrogens is 436 g/mol. The Balaban J connectivity index is 1.89. The summed E-state index contributed by atoms with van der Waals surface area (Å²) >= 11 is 7.43. The standard InChI is InChI=1S/C23H17ClN2O4S/c1-11-6-5-8-13-18(11)26(2)22(30)23(13)10-15(27)25-17-16(12-7-3-4-9-14(12)24)19(21(28)29)31-20(17)23/h3-9H,10H2,1-2H3,(H,25,27)(H,28,29)/t23-/m0/s1. The average molecular weight is 453 g/mol. The number of para-hydroxylation sites is 1. The number of rotatable bonds is 2. The van der Waals surface area contributed by atoms with Crippen LogP contribution in [-0.4, -0.2) is 29.9 Å². The highest BCUT2D eigenvalue weighted by Crippen LogP contribution is 2.58. The molecule has 0 unspecified atom stereocenters. The van der Waals surface area contributed by atoms with Crippen molar-refractivity contribution in [2.45, 2.75) is 18.8 Å². The SMILES string of the molecule is Cc1cccc2c1N(C)C(=O)[C@@]21CC(=O)Nc2c1sc(C(=O)O)c2-c1ccccc1Cl. The Kier molecular flexibility index (Phi) is 4.26. The van der Waals surface area contributed by atoms with E-state index in [1.165, 1.54) is 0 Å². The third-order valence-electron chi connectivity index (χ3n) is 6.03. The van der Waals surface area contributed by atoms with Crippen LogP contribution >= 0.6 is 22.9 Å². The van der Waals surface area contributed by atoms with Crippen molar-refractivity contribution in [2.75, 3.05) is 17.3 Å². The number of carboxylic acid groups (broad SMARTS) is 1. The Bertz CT molecular complexity index is 1310. The van der Waals surface area contributed by atoms with Crippen LogP contribution in [0.25, 0.3) is 11.1 Å². The largest absolute Gasteiger partial charge is 0.477 e. The zero-order valence-corrected chi connectivity index (χ0v) is 18.2. The summed E-state index contributed by atoms with van der Waals surface area (Å²) in [5, 5.41) is 13.2. The summed E-state index contributed by atoms with van der Waals surface area (Å²) in [6.07, 6.45) is -0.0822. The summed E-state index contributed by atoms with van der Waals surface area (Å²) in [5.74, 6) is -1.72. The Hall–Kier alpha value is -3.16. The van der Waals surface area contributed by atoms with E-state index >= 15 is 0 Å². The number of fused-ring (bicyclic) bond motifs is 4. The van der Waals surface area contributed by atoms with Gasteiger partial charge in [-0.15, -0.1) is 11.3 Å². The number of nitrogens with zero attached hydrogens (tertiary/aromatic N) is 1. The maximum atomic E-state index is 13.7. The number of likely N-dealkylation sites (N-methyl/N-ethyl adjacent to an activating group) is 1. The van der Waals surface area contributed by atoms with Gasteiger partial charge >= 0.3 is 5.97 Å². The lowest BCUT2D eigenvalue weighted by Crippen LogP contribution is -2.45. The average Bonchev–Trinajstić information content (AvgIpc) is 3.20. The first-order valence-corrected chi connectivity index (χ1v) is 10.8. The van der Waals surface area contributed by atoms with Gasteiger partial charge in [0.25, 0.3) is 0 Å². The first-order valence-electron chi connectivity index (χ1n) is 9.61. The fraction of sp³-hybridized carbons (Fsp3) is 0.174. The van der Waals surface area contributed by atoms with Crippen LogP contribution in [0.3, 0.4) is 0 Å². The maximum Gasteiger partial charge on any atom is 0.346 e. The number of hydrogen-bond donors (Lipinski definition) is 2. The van der Waals surface area contributed by atoms with E-state index in [0.29, 0.717) is 26.7 Å². The number of thiophene rings is 1. The minimum atomic E-state index is -1.26. The highest BCUT2D eigenvalue weighted by Gasteiger charge is 2.57. The van der Waals surface area contributed by atoms with Crippen molar-refractivity contribution in [2.24, 2.45) is 0 Å². The van der Waals surface area contributed by atoms with Crippen molar-refractivity contribution < 1.29 is 19.5 Å². The van der Waals surface area contributed by atoms with Gasteiger partial charge in [-0.2, -0.15) is 0 Å². The predicted molar refractivity (Wildman–Crippen MR) is 120 cm³/mol. The van der Waals surface area contributed by atoms with Gasteiger partial charge in [0.1, 0.15) is 10.3 Å². The van der Waals surface area contributed by atoms with E-state index in [1.54, 1.807) is 36.2 Å². The van der Waals surface area contributed by atoms with Crippen LogP contribution in [-0.2, 0) is 15.0 Å². The zero-order chi connectivity index (χ0) is 22.1. The molecule has 2 aliphatic rings. The lowest BCUT2D eigenvalue weighted by molar-refractivity contribution is -0.126. The lowest BCUT2D eigenvalue weighted by atomic mass is 9.74. The van der Waals surface area contributed by atoms with E-state index < -0.39 is 11.4 Å². The van der Waals surface area contributed by atoms with Gasteiger partial charge < -0.3 is 15.3 Å². The molecule has 8 heteroatoms. The van der Waals surface area contributed by atoms with Gasteiger partial charge in [0.05, 0.1) is 22.7 Å². The number of anilines is 2. The smallest absolute Gasteiger partial charge is 0.346 e. The molecule has 1 atom stereocenters. The molecule has 156 valence electrons. The van der Waals surface area contributed by atoms with Crippen LogP contribution in [0, 0.1) is 6.92 Å². The van der Waals surface area contributed by atoms with Crippen LogP contribution < -0.4 is 10.2 Å². The van der Waals surface area contributed by atoms with E-state index in [1.807, 2.05) is 25.1 Å². The Morgan fingerprint density at radius 1 is 1.19 bits per heavy atom. The molecule has 2 aliphatic heterocycles. The monoisotopic (exact) mass is 452 g/mol. The third-order valence-corrected chi connectivity index (χ3v) is 7.70. The number of hydrogen-bond acceptors (Lipinski definition) is 4. The molecular formula is C23H17ClN2O4S. The second kappa shape index (κ2) is 6.67. The van der Waals surface area contributed by atoms with Crippen LogP contribution in [0.15, 0.2) is 42.5 Å². The quantitative estimate of drug-likeness (QED) is 0.591. The molecule has 2 aromatic carbocycles. The predicted octanol–water partition coefficient (Wildman–Crippen LogP) is 4.68. The van der Waals surface area contributed by atoms with Crippen molar-refractivity contribution in [1.29, 1.82) is 0 Å². The topological polar surface area (TPSA) is 86.7 Å². The Morgan fingerprint density at radius 2 is 1.94 bits per heavy atom. The molecule has 1 aromatic heterocycles. The lowest BCUT2D eigenvalue weighted by Gasteiger charge is -2.32. The van der Waals surface area contributed by atoms with Crippen molar-refractivity contribution in [3.8, 4) is 11.1 Å². The van der Waals surface area contributed by atoms with Crippen LogP contribution in [0.5, 0.6) is 0 Å². The van der Waals surface area contributed by atoms with E-state index in [2.05, 4.69) is 5.32 Å². The summed E-state index contributed by atoms with van der Waals surface area (Å²) in [7, 11) is 1.69. The zero-order valence-electron chi connectivity index (χ0n) is 16.7. The molecule has 6 nitrogen and oxygen atoms in total. The molecule has 31 heavy (non-hydrogen) atoms. The number of aryl methyl sites for hydroxylation is 1. The van der Waals surface area contributed by atoms with Crippen molar-refractivity contribution in [3.05, 3.63) is 68.4 Å². The van der Waals surface area contributed by atoms with Crippen LogP contribution in [0.4, 0.5) is 11.4 Å². The van der Waals surface area contributed by atoms with Crippen molar-refractivity contribution >= 4 is 52.1 Å². The van der Waals surface area contributed by atoms with E-state index in [4.69, 9.17) is 11.6 Å². The maximum absolute atomic E-state index is 13.7. The third kappa shape index (κ3) is 2.53. The summed E-state index contributed by atoms with van der Waals surface area (Å²) in [6, 6.07) is 12.5. The van der Waals surface area contributed by atoms with E-state index in [-0.39, 0.29) is 23.1 Å². The number of halogens is 1. The Morgan fingerprint density at radius 3 is 2.65 bits per heavy atom. The molecule has 0 saturated carbocycles. The molecule has 0 aliphatic carbocycles. The first kappa shape index (κ1) is 19.8. The number of nitrogens with one attached hydrogen (secondary N) is 1. The van der Waals surface area contributed by atoms with Gasteiger partial charge in [-0.25, -0.2) is 4.79 Å². The number of carbonyl (C=O) groups is 3. The number of benzene rings is 2. The van der Waals surface area contributed by atoms with Gasteiger partial charge in [0.15, 0.2) is 0 Å². The minimum absolute atomic E-state index is 0.0382. The van der Waals surface area contributed by atoms with Crippen LogP contribution in [0.1, 0.15) is 32.1 Å². The molecule has 0 saturated heterocycles. The summed E-state index contributed by atoms with van der Waals surface area (Å²) in [5.41, 5.74) is 2.32. The summed E-state index contributed by atoms with van der Waals surface area (Å²) in [4.78, 5) is 40.9. The Labute approximate surface area is 187 Å². The van der Waals surface area contributed by atoms with Crippen molar-refractivity contribution in [3.63, 3.8) is 0 Å². The number of aromatic carboxylic acids is 1. The fourth-order valence-corrected chi connectivity index (χ4v) is 6.30. The molecule has 1 spiro atoms.